The molecule has 36 nitrogen and oxygen atoms in total. The molecule has 16 N–H and O–H groups in total. The summed E-state index contributed by atoms with van der Waals surface area (Å²) in [5.41, 5.74) is 12.4. The van der Waals surface area contributed by atoms with E-state index in [0.29, 0.717) is 29.4 Å². The fraction of sp³-hybridized carbons (Fsp3) is 0.400. The Morgan fingerprint density at radius 3 is 1.16 bits per heavy atom. The number of hydrogen-bond acceptors (Lipinski definition) is 28. The van der Waals surface area contributed by atoms with E-state index in [1.807, 2.05) is 158 Å². The van der Waals surface area contributed by atoms with E-state index < -0.39 is 182 Å². The van der Waals surface area contributed by atoms with Gasteiger partial charge in [-0.2, -0.15) is 23.5 Å². The van der Waals surface area contributed by atoms with Crippen molar-refractivity contribution in [2.45, 2.75) is 162 Å². The minimum Gasteiger partial charge on any atom is -0.481 e. The fourth-order valence-corrected chi connectivity index (χ4v) is 18.3. The van der Waals surface area contributed by atoms with Crippen LogP contribution in [0.2, 0.25) is 0 Å². The highest BCUT2D eigenvalue weighted by Crippen LogP contribution is 2.47. The lowest BCUT2D eigenvalue weighted by Gasteiger charge is -2.47. The van der Waals surface area contributed by atoms with Gasteiger partial charge in [-0.15, -0.1) is 0 Å². The number of benzene rings is 8. The van der Waals surface area contributed by atoms with Crippen LogP contribution in [0, 0.1) is 0 Å². The predicted molar refractivity (Wildman–Crippen MR) is 508 cm³/mol. The van der Waals surface area contributed by atoms with Crippen molar-refractivity contribution < 1.29 is 136 Å². The number of carboxylic acid groups (broad SMARTS) is 2. The average molecular weight is 1940 g/mol. The van der Waals surface area contributed by atoms with Crippen LogP contribution in [0.15, 0.2) is 206 Å². The Hall–Kier alpha value is -12.7. The number of aliphatic carboxylic acids is 2. The molecule has 0 saturated carbocycles. The molecule has 10 unspecified atom stereocenters. The summed E-state index contributed by atoms with van der Waals surface area (Å²) >= 11 is 2.81. The minimum absolute atomic E-state index is 0.0427. The van der Waals surface area contributed by atoms with Crippen molar-refractivity contribution in [2.24, 2.45) is 0 Å². The van der Waals surface area contributed by atoms with Gasteiger partial charge in [0.2, 0.25) is 23.6 Å². The van der Waals surface area contributed by atoms with Crippen LogP contribution in [0.3, 0.4) is 0 Å². The van der Waals surface area contributed by atoms with Gasteiger partial charge < -0.3 is 121 Å². The van der Waals surface area contributed by atoms with Gasteiger partial charge in [0.1, 0.15) is 49.7 Å². The highest BCUT2D eigenvalue weighted by molar-refractivity contribution is 7.99. The van der Waals surface area contributed by atoms with E-state index in [0.717, 1.165) is 81.0 Å². The molecule has 2 fully saturated rings. The molecule has 0 radical (unpaired) electrons. The number of fused-ring (bicyclic) bond motifs is 6. The minimum atomic E-state index is -2.32. The van der Waals surface area contributed by atoms with Gasteiger partial charge in [0.05, 0.1) is 63.9 Å². The summed E-state index contributed by atoms with van der Waals surface area (Å²) in [6.45, 7) is 1.36. The van der Waals surface area contributed by atoms with Crippen molar-refractivity contribution in [3.05, 3.63) is 240 Å². The Labute approximate surface area is 805 Å². The van der Waals surface area contributed by atoms with Gasteiger partial charge in [-0.3, -0.25) is 33.6 Å². The quantitative estimate of drug-likeness (QED) is 0.0107. The molecular weight excluding hydrogens is 1830 g/mol. The van der Waals surface area contributed by atoms with Crippen LogP contribution in [0.4, 0.5) is 9.59 Å². The van der Waals surface area contributed by atoms with Crippen molar-refractivity contribution in [3.63, 3.8) is 0 Å². The third-order valence-corrected chi connectivity index (χ3v) is 25.8. The first kappa shape index (κ1) is 106. The fourth-order valence-electron chi connectivity index (χ4n) is 16.7. The largest absolute Gasteiger partial charge is 0.481 e. The zero-order chi connectivity index (χ0) is 99.0. The maximum absolute atomic E-state index is 13.9. The Bertz CT molecular complexity index is 5390. The molecule has 2 aliphatic carbocycles. The third-order valence-electron chi connectivity index (χ3n) is 23.6. The number of aliphatic hydroxyl groups is 6. The molecule has 0 spiro atoms. The number of hydrogen-bond donors (Lipinski definition) is 16. The lowest BCUT2D eigenvalue weighted by atomic mass is 9.88. The highest BCUT2D eigenvalue weighted by atomic mass is 32.2. The second-order valence-electron chi connectivity index (χ2n) is 33.2. The molecule has 2 heterocycles. The third kappa shape index (κ3) is 28.7. The number of amides is 8. The molecule has 8 aromatic carbocycles. The summed E-state index contributed by atoms with van der Waals surface area (Å²) in [7, 11) is 2.14. The molecule has 14 atom stereocenters. The molecule has 2 saturated heterocycles. The van der Waals surface area contributed by atoms with Crippen molar-refractivity contribution in [3.8, 4) is 44.5 Å². The first-order valence-electron chi connectivity index (χ1n) is 45.1. The Morgan fingerprint density at radius 2 is 0.790 bits per heavy atom. The number of ether oxygens (including phenoxy) is 8. The number of carboxylic acids is 2. The lowest BCUT2D eigenvalue weighted by molar-refractivity contribution is -0.311. The molecular formula is C100H116N8O28S2. The van der Waals surface area contributed by atoms with Gasteiger partial charge in [0.15, 0.2) is 0 Å². The van der Waals surface area contributed by atoms with Gasteiger partial charge in [-0.25, -0.2) is 24.0 Å². The smallest absolute Gasteiger partial charge is 0.407 e. The van der Waals surface area contributed by atoms with Crippen molar-refractivity contribution in [1.82, 2.24) is 42.5 Å². The van der Waals surface area contributed by atoms with Gasteiger partial charge in [0, 0.05) is 100 Å². The van der Waals surface area contributed by atoms with E-state index in [1.54, 1.807) is 48.5 Å². The Balaban J connectivity index is 0.000000576. The zero-order valence-corrected chi connectivity index (χ0v) is 78.0. The molecule has 736 valence electrons. The van der Waals surface area contributed by atoms with Crippen LogP contribution in [-0.2, 0) is 76.3 Å². The number of aliphatic hydroxyl groups excluding tert-OH is 6. The second kappa shape index (κ2) is 51.6. The molecule has 8 aromatic rings. The van der Waals surface area contributed by atoms with E-state index >= 15 is 0 Å². The molecule has 38 heteroatoms. The van der Waals surface area contributed by atoms with E-state index in [4.69, 9.17) is 48.1 Å². The first-order chi connectivity index (χ1) is 66.4. The number of methoxy groups -OCH3 is 2. The molecule has 2 aliphatic heterocycles. The van der Waals surface area contributed by atoms with E-state index in [2.05, 4.69) is 42.5 Å². The number of thioether (sulfide) groups is 2. The summed E-state index contributed by atoms with van der Waals surface area (Å²) in [4.78, 5) is 153. The maximum atomic E-state index is 13.9. The number of carbonyl (C=O) groups excluding carboxylic acids is 10. The van der Waals surface area contributed by atoms with Crippen LogP contribution in [0.5, 0.6) is 0 Å². The molecule has 4 aliphatic rings. The van der Waals surface area contributed by atoms with Crippen LogP contribution < -0.4 is 42.5 Å². The van der Waals surface area contributed by atoms with Crippen LogP contribution in [-0.4, -0.2) is 287 Å². The van der Waals surface area contributed by atoms with Gasteiger partial charge in [-0.1, -0.05) is 182 Å². The number of esters is 2. The van der Waals surface area contributed by atoms with Gasteiger partial charge in [-0.05, 0) is 128 Å². The Morgan fingerprint density at radius 1 is 0.435 bits per heavy atom. The van der Waals surface area contributed by atoms with Crippen molar-refractivity contribution in [2.75, 3.05) is 89.8 Å². The average Bonchev–Trinajstić information content (AvgIpc) is 1.35. The SMILES string of the molecule is COC(=O)C1(OCCCSCCNC(=O)CCC(NC(=O)OCC2c3ccccc3-c3ccccc32)C(=O)NCCSCCCOC2(C(=O)OC)CC(O)C(NC(C)=O)C([C@H](O)[C@H](O)CNC(=O)c3ccc(-c4ccccc4)cc3)O2)CC(O)C(NC(C)=O)C([C@H](O)[C@H](O)CNC(=O)c2ccc(-c3ccccc3)cc2)O1.O=C(O)CCC(NC(=O)OCC1c2ccccc2-c2ccccc21)C(=O)O. The maximum Gasteiger partial charge on any atom is 0.407 e. The van der Waals surface area contributed by atoms with Crippen LogP contribution >= 0.6 is 23.5 Å². The number of nitrogens with one attached hydrogen (secondary N) is 8. The number of carbonyl (C=O) groups is 12. The van der Waals surface area contributed by atoms with Crippen LogP contribution in [0.1, 0.15) is 120 Å². The summed E-state index contributed by atoms with van der Waals surface area (Å²) in [6.07, 6.45) is -16.9. The summed E-state index contributed by atoms with van der Waals surface area (Å²) < 4.78 is 45.4. The van der Waals surface area contributed by atoms with Gasteiger partial charge >= 0.3 is 36.1 Å². The standard InChI is InChI=1S/C80H97N7O22S2.C20H19NO6/c1-48(88)85-67-62(90)43-79(76(100)103-3,108-71(67)69(95)64(92)45-83-73(97)54-29-25-52(26-30-54)50-17-7-5-8-18-50)106-37-15-39-110-41-35-81-66(94)34-33-61(87-78(102)105-47-60-58-23-13-11-21-56(58)57-22-12-14-24-59(57)60)75(99)82-36-42-111-40-16-38-107-80(77(101)104-4)44-63(91)68(86-49(2)89)72(109-80)70(96)65(93)46-84-74(98)55-31-27-53(28-32-55)51-19-9-6-10-20-51;22-18(23)10-9-17(19(24)25)21-20(26)27-11-16-14-7-3-1-5-12(14)13-6-2-4-8-15(13)16/h5-14,17-32,60-65,67-72,90-93,95-96H,15-16,33-47H2,1-4H3,(H,81,94)(H,82,99)(H,83,97)(H,84,98)(H,85,88)(H,86,89)(H,87,102);1-8,16-17H,9-11H2,(H,21,26)(H,22,23)(H,24,25)/t61?,62?,63?,64-,65-,67?,68?,69-,70-,71?,72?,79?,80?;/m1./s1. The predicted octanol–water partition coefficient (Wildman–Crippen LogP) is 6.71. The van der Waals surface area contributed by atoms with E-state index in [-0.39, 0.29) is 94.6 Å². The molecule has 0 aromatic heterocycles. The topological polar surface area (TPSA) is 537 Å². The molecule has 12 rings (SSSR count). The summed E-state index contributed by atoms with van der Waals surface area (Å²) in [5, 5.41) is 107. The first-order valence-corrected chi connectivity index (χ1v) is 47.4. The Kier molecular flexibility index (Phi) is 39.6. The summed E-state index contributed by atoms with van der Waals surface area (Å²) in [5.74, 6) is -11.4. The number of rotatable bonds is 46. The van der Waals surface area contributed by atoms with E-state index in [9.17, 15) is 88.2 Å². The molecule has 138 heavy (non-hydrogen) atoms. The second-order valence-corrected chi connectivity index (χ2v) is 35.6. The van der Waals surface area contributed by atoms with E-state index in [1.165, 1.54) is 37.4 Å². The zero-order valence-electron chi connectivity index (χ0n) is 76.4. The van der Waals surface area contributed by atoms with Crippen LogP contribution in [0.25, 0.3) is 44.5 Å². The van der Waals surface area contributed by atoms with Gasteiger partial charge in [0.25, 0.3) is 23.4 Å². The van der Waals surface area contributed by atoms with Crippen molar-refractivity contribution in [1.29, 1.82) is 0 Å². The molecule has 8 amide bonds. The highest BCUT2D eigenvalue weighted by Gasteiger charge is 2.58. The normalized spacial score (nSPS) is 19.7. The van der Waals surface area contributed by atoms with Crippen molar-refractivity contribution >= 4 is 95.0 Å². The lowest BCUT2D eigenvalue weighted by Crippen LogP contribution is -2.68. The summed E-state index contributed by atoms with van der Waals surface area (Å²) in [6, 6.07) is 58.6. The molecule has 0 bridgehead atoms. The number of alkyl carbamates (subject to hydrolysis) is 2. The monoisotopic (exact) mass is 1940 g/mol.